The van der Waals surface area contributed by atoms with Crippen LogP contribution in [0.3, 0.4) is 0 Å². The number of halogens is 1. The van der Waals surface area contributed by atoms with Crippen LogP contribution in [0.15, 0.2) is 53.4 Å². The largest absolute Gasteiger partial charge is 0.496 e. The van der Waals surface area contributed by atoms with Crippen molar-refractivity contribution in [2.45, 2.75) is 23.6 Å². The maximum Gasteiger partial charge on any atom is 0.233 e. The average molecular weight is 319 g/mol. The maximum atomic E-state index is 12.9. The SMILES string of the molecule is COc1ccccc1CNC(=O)[C@H](C)Sc1ccc(F)cc1. The van der Waals surface area contributed by atoms with Gasteiger partial charge in [0.05, 0.1) is 12.4 Å². The van der Waals surface area contributed by atoms with Crippen LogP contribution in [0.25, 0.3) is 0 Å². The Labute approximate surface area is 133 Å². The molecule has 0 heterocycles. The van der Waals surface area contributed by atoms with E-state index in [-0.39, 0.29) is 17.0 Å². The summed E-state index contributed by atoms with van der Waals surface area (Å²) in [5.74, 6) is 0.402. The van der Waals surface area contributed by atoms with E-state index in [2.05, 4.69) is 5.32 Å². The van der Waals surface area contributed by atoms with Gasteiger partial charge in [0.2, 0.25) is 5.91 Å². The number of methoxy groups -OCH3 is 1. The summed E-state index contributed by atoms with van der Waals surface area (Å²) >= 11 is 1.40. The van der Waals surface area contributed by atoms with E-state index < -0.39 is 0 Å². The van der Waals surface area contributed by atoms with Gasteiger partial charge in [0.15, 0.2) is 0 Å². The van der Waals surface area contributed by atoms with Gasteiger partial charge in [0, 0.05) is 17.0 Å². The molecule has 0 aliphatic carbocycles. The monoisotopic (exact) mass is 319 g/mol. The molecule has 2 aromatic rings. The number of nitrogens with one attached hydrogen (secondary N) is 1. The van der Waals surface area contributed by atoms with Crippen LogP contribution in [0.4, 0.5) is 4.39 Å². The van der Waals surface area contributed by atoms with E-state index in [1.54, 1.807) is 19.2 Å². The minimum atomic E-state index is -0.280. The van der Waals surface area contributed by atoms with Crippen molar-refractivity contribution < 1.29 is 13.9 Å². The van der Waals surface area contributed by atoms with Crippen LogP contribution in [0.5, 0.6) is 5.75 Å². The lowest BCUT2D eigenvalue weighted by molar-refractivity contribution is -0.120. The van der Waals surface area contributed by atoms with Crippen LogP contribution in [-0.4, -0.2) is 18.3 Å². The van der Waals surface area contributed by atoms with Crippen molar-refractivity contribution in [2.24, 2.45) is 0 Å². The van der Waals surface area contributed by atoms with Crippen LogP contribution in [-0.2, 0) is 11.3 Å². The third-order valence-corrected chi connectivity index (χ3v) is 4.25. The molecule has 2 rings (SSSR count). The van der Waals surface area contributed by atoms with Crippen molar-refractivity contribution in [3.8, 4) is 5.75 Å². The van der Waals surface area contributed by atoms with E-state index in [0.29, 0.717) is 6.54 Å². The van der Waals surface area contributed by atoms with E-state index >= 15 is 0 Å². The fourth-order valence-electron chi connectivity index (χ4n) is 1.95. The van der Waals surface area contributed by atoms with Gasteiger partial charge in [0.25, 0.3) is 0 Å². The van der Waals surface area contributed by atoms with Gasteiger partial charge < -0.3 is 10.1 Å². The van der Waals surface area contributed by atoms with Crippen molar-refractivity contribution in [2.75, 3.05) is 7.11 Å². The Morgan fingerprint density at radius 3 is 2.59 bits per heavy atom. The van der Waals surface area contributed by atoms with E-state index in [1.807, 2.05) is 31.2 Å². The molecule has 2 aromatic carbocycles. The molecule has 0 radical (unpaired) electrons. The molecular formula is C17H18FNO2S. The summed E-state index contributed by atoms with van der Waals surface area (Å²) < 4.78 is 18.1. The first-order valence-corrected chi connectivity index (χ1v) is 7.80. The second kappa shape index (κ2) is 7.84. The Bertz CT molecular complexity index is 631. The van der Waals surface area contributed by atoms with Crippen LogP contribution in [0.1, 0.15) is 12.5 Å². The van der Waals surface area contributed by atoms with E-state index in [9.17, 15) is 9.18 Å². The quantitative estimate of drug-likeness (QED) is 0.826. The molecule has 1 N–H and O–H groups in total. The Kier molecular flexibility index (Phi) is 5.83. The highest BCUT2D eigenvalue weighted by Crippen LogP contribution is 2.23. The lowest BCUT2D eigenvalue weighted by atomic mass is 10.2. The number of para-hydroxylation sites is 1. The smallest absolute Gasteiger partial charge is 0.233 e. The number of hydrogen-bond acceptors (Lipinski definition) is 3. The molecule has 3 nitrogen and oxygen atoms in total. The third-order valence-electron chi connectivity index (χ3n) is 3.14. The second-order valence-corrected chi connectivity index (χ2v) is 6.16. The van der Waals surface area contributed by atoms with Crippen molar-refractivity contribution in [3.05, 3.63) is 59.9 Å². The number of hydrogen-bond donors (Lipinski definition) is 1. The van der Waals surface area contributed by atoms with Gasteiger partial charge in [-0.2, -0.15) is 0 Å². The fourth-order valence-corrected chi connectivity index (χ4v) is 2.84. The Morgan fingerprint density at radius 2 is 1.91 bits per heavy atom. The zero-order valence-corrected chi connectivity index (χ0v) is 13.3. The summed E-state index contributed by atoms with van der Waals surface area (Å²) in [5.41, 5.74) is 0.928. The number of thioether (sulfide) groups is 1. The molecule has 116 valence electrons. The first-order chi connectivity index (χ1) is 10.6. The first kappa shape index (κ1) is 16.4. The molecule has 1 atom stereocenters. The van der Waals surface area contributed by atoms with Gasteiger partial charge in [-0.05, 0) is 37.3 Å². The summed E-state index contributed by atoms with van der Waals surface area (Å²) in [6, 6.07) is 13.7. The first-order valence-electron chi connectivity index (χ1n) is 6.92. The van der Waals surface area contributed by atoms with Crippen molar-refractivity contribution in [1.82, 2.24) is 5.32 Å². The number of rotatable bonds is 6. The standard InChI is InChI=1S/C17H18FNO2S/c1-12(22-15-9-7-14(18)8-10-15)17(20)19-11-13-5-3-4-6-16(13)21-2/h3-10,12H,11H2,1-2H3,(H,19,20)/t12-/m0/s1. The molecule has 1 amide bonds. The van der Waals surface area contributed by atoms with E-state index in [4.69, 9.17) is 4.74 Å². The molecule has 0 bridgehead atoms. The zero-order chi connectivity index (χ0) is 15.9. The van der Waals surface area contributed by atoms with Crippen molar-refractivity contribution in [3.63, 3.8) is 0 Å². The molecule has 0 spiro atoms. The summed E-state index contributed by atoms with van der Waals surface area (Å²) in [6.45, 7) is 2.24. The maximum absolute atomic E-state index is 12.9. The van der Waals surface area contributed by atoms with Crippen LogP contribution < -0.4 is 10.1 Å². The molecule has 0 aliphatic heterocycles. The van der Waals surface area contributed by atoms with Crippen LogP contribution >= 0.6 is 11.8 Å². The zero-order valence-electron chi connectivity index (χ0n) is 12.5. The summed E-state index contributed by atoms with van der Waals surface area (Å²) in [5, 5.41) is 2.63. The van der Waals surface area contributed by atoms with Gasteiger partial charge in [-0.3, -0.25) is 4.79 Å². The van der Waals surface area contributed by atoms with E-state index in [1.165, 1.54) is 23.9 Å². The highest BCUT2D eigenvalue weighted by Gasteiger charge is 2.14. The molecule has 0 saturated heterocycles. The highest BCUT2D eigenvalue weighted by molar-refractivity contribution is 8.00. The minimum Gasteiger partial charge on any atom is -0.496 e. The lowest BCUT2D eigenvalue weighted by Crippen LogP contribution is -2.30. The molecule has 0 unspecified atom stereocenters. The Balaban J connectivity index is 1.90. The van der Waals surface area contributed by atoms with E-state index in [0.717, 1.165) is 16.2 Å². The van der Waals surface area contributed by atoms with Gasteiger partial charge in [-0.15, -0.1) is 11.8 Å². The third kappa shape index (κ3) is 4.49. The van der Waals surface area contributed by atoms with Gasteiger partial charge in [-0.25, -0.2) is 4.39 Å². The predicted molar refractivity (Wildman–Crippen MR) is 86.6 cm³/mol. The van der Waals surface area contributed by atoms with Crippen LogP contribution in [0, 0.1) is 5.82 Å². The molecular weight excluding hydrogens is 301 g/mol. The number of amides is 1. The summed E-state index contributed by atoms with van der Waals surface area (Å²) in [7, 11) is 1.60. The predicted octanol–water partition coefficient (Wildman–Crippen LogP) is 3.63. The number of carbonyl (C=O) groups is 1. The number of ether oxygens (including phenoxy) is 1. The number of carbonyl (C=O) groups excluding carboxylic acids is 1. The average Bonchev–Trinajstić information content (AvgIpc) is 2.54. The lowest BCUT2D eigenvalue weighted by Gasteiger charge is -2.13. The molecule has 0 aromatic heterocycles. The minimum absolute atomic E-state index is 0.0692. The van der Waals surface area contributed by atoms with Crippen LogP contribution in [0.2, 0.25) is 0 Å². The van der Waals surface area contributed by atoms with Gasteiger partial charge in [0.1, 0.15) is 11.6 Å². The molecule has 0 saturated carbocycles. The van der Waals surface area contributed by atoms with Gasteiger partial charge in [-0.1, -0.05) is 18.2 Å². The van der Waals surface area contributed by atoms with Gasteiger partial charge >= 0.3 is 0 Å². The summed E-state index contributed by atoms with van der Waals surface area (Å²) in [6.07, 6.45) is 0. The molecule has 0 aliphatic rings. The normalized spacial score (nSPS) is 11.8. The van der Waals surface area contributed by atoms with Crippen molar-refractivity contribution >= 4 is 17.7 Å². The number of benzene rings is 2. The Morgan fingerprint density at radius 1 is 1.23 bits per heavy atom. The topological polar surface area (TPSA) is 38.3 Å². The van der Waals surface area contributed by atoms with Crippen molar-refractivity contribution in [1.29, 1.82) is 0 Å². The second-order valence-electron chi connectivity index (χ2n) is 4.74. The Hall–Kier alpha value is -2.01. The highest BCUT2D eigenvalue weighted by atomic mass is 32.2. The summed E-state index contributed by atoms with van der Waals surface area (Å²) in [4.78, 5) is 13.0. The molecule has 0 fully saturated rings. The fraction of sp³-hybridized carbons (Fsp3) is 0.235. The molecule has 5 heteroatoms. The molecule has 22 heavy (non-hydrogen) atoms.